The van der Waals surface area contributed by atoms with Gasteiger partial charge in [-0.15, -0.1) is 0 Å². The Labute approximate surface area is 302 Å². The summed E-state index contributed by atoms with van der Waals surface area (Å²) in [7, 11) is 0. The molecular formula is C43H77NO5. The van der Waals surface area contributed by atoms with Gasteiger partial charge in [-0.2, -0.15) is 0 Å². The Morgan fingerprint density at radius 2 is 0.959 bits per heavy atom. The topological polar surface area (TPSA) is 92.7 Å². The Morgan fingerprint density at radius 3 is 1.55 bits per heavy atom. The number of hydrogen-bond donors (Lipinski definition) is 2. The van der Waals surface area contributed by atoms with Crippen molar-refractivity contribution < 1.29 is 24.2 Å². The van der Waals surface area contributed by atoms with Gasteiger partial charge in [0.05, 0.1) is 0 Å². The van der Waals surface area contributed by atoms with Gasteiger partial charge in [0.15, 0.2) is 0 Å². The molecule has 0 heterocycles. The molecule has 6 nitrogen and oxygen atoms in total. The van der Waals surface area contributed by atoms with E-state index in [0.717, 1.165) is 77.0 Å². The van der Waals surface area contributed by atoms with Crippen molar-refractivity contribution in [1.82, 2.24) is 5.32 Å². The summed E-state index contributed by atoms with van der Waals surface area (Å²) in [5, 5.41) is 11.1. The molecule has 1 atom stereocenters. The van der Waals surface area contributed by atoms with Gasteiger partial charge in [0.1, 0.15) is 12.6 Å². The summed E-state index contributed by atoms with van der Waals surface area (Å²) in [5.74, 6) is -1.27. The summed E-state index contributed by atoms with van der Waals surface area (Å²) in [6.07, 6.45) is 46.9. The first-order chi connectivity index (χ1) is 24.0. The third kappa shape index (κ3) is 38.3. The van der Waals surface area contributed by atoms with Gasteiger partial charge in [-0.05, 0) is 89.9 Å². The Hall–Kier alpha value is -2.37. The van der Waals surface area contributed by atoms with Gasteiger partial charge in [0, 0.05) is 12.8 Å². The van der Waals surface area contributed by atoms with E-state index in [4.69, 9.17) is 9.84 Å². The minimum atomic E-state index is -1.02. The quantitative estimate of drug-likeness (QED) is 0.0385. The Bertz CT molecular complexity index is 849. The lowest BCUT2D eigenvalue weighted by Gasteiger charge is -2.18. The molecule has 0 spiro atoms. The molecule has 1 unspecified atom stereocenters. The molecule has 0 aliphatic rings. The highest BCUT2D eigenvalue weighted by Crippen LogP contribution is 2.18. The summed E-state index contributed by atoms with van der Waals surface area (Å²) in [4.78, 5) is 34.9. The molecule has 0 bridgehead atoms. The largest absolute Gasteiger partial charge is 0.480 e. The van der Waals surface area contributed by atoms with Crippen LogP contribution in [0, 0.1) is 0 Å². The van der Waals surface area contributed by atoms with Crippen LogP contribution in [0.2, 0.25) is 0 Å². The zero-order valence-electron chi connectivity index (χ0n) is 32.0. The zero-order chi connectivity index (χ0) is 35.9. The second kappa shape index (κ2) is 38.4. The van der Waals surface area contributed by atoms with Crippen LogP contribution in [-0.2, 0) is 19.1 Å². The third-order valence-corrected chi connectivity index (χ3v) is 9.03. The van der Waals surface area contributed by atoms with Gasteiger partial charge in [-0.1, -0.05) is 140 Å². The van der Waals surface area contributed by atoms with Crippen molar-refractivity contribution in [3.05, 3.63) is 36.5 Å². The number of allylic oxidation sites excluding steroid dienone is 6. The van der Waals surface area contributed by atoms with Crippen molar-refractivity contribution in [1.29, 1.82) is 0 Å². The highest BCUT2D eigenvalue weighted by molar-refractivity contribution is 5.80. The van der Waals surface area contributed by atoms with Crippen molar-refractivity contribution in [2.45, 2.75) is 213 Å². The lowest BCUT2D eigenvalue weighted by molar-refractivity contribution is -0.150. The van der Waals surface area contributed by atoms with E-state index >= 15 is 0 Å². The van der Waals surface area contributed by atoms with Crippen LogP contribution in [0.15, 0.2) is 36.5 Å². The van der Waals surface area contributed by atoms with Gasteiger partial charge in [-0.25, -0.2) is 0 Å². The number of carbonyl (C=O) groups is 3. The van der Waals surface area contributed by atoms with Gasteiger partial charge >= 0.3 is 11.9 Å². The number of hydrogen-bond acceptors (Lipinski definition) is 4. The SMILES string of the molecule is CCCCC/C=C\C/C=C\CCCC(CCCCCCCC(=O)NCC(=O)O)OC(=O)CCCCCCC/C=C\CCCCCCCCC. The number of amides is 1. The zero-order valence-corrected chi connectivity index (χ0v) is 32.0. The fourth-order valence-electron chi connectivity index (χ4n) is 5.96. The van der Waals surface area contributed by atoms with Crippen molar-refractivity contribution in [3.63, 3.8) is 0 Å². The molecule has 1 amide bonds. The molecule has 284 valence electrons. The summed E-state index contributed by atoms with van der Waals surface area (Å²) in [6.45, 7) is 4.19. The van der Waals surface area contributed by atoms with E-state index in [1.165, 1.54) is 103 Å². The first-order valence-electron chi connectivity index (χ1n) is 20.6. The summed E-state index contributed by atoms with van der Waals surface area (Å²) in [6, 6.07) is 0. The number of ether oxygens (including phenoxy) is 1. The second-order valence-electron chi connectivity index (χ2n) is 13.9. The van der Waals surface area contributed by atoms with Crippen molar-refractivity contribution in [2.24, 2.45) is 0 Å². The van der Waals surface area contributed by atoms with Crippen LogP contribution in [0.4, 0.5) is 0 Å². The number of carboxylic acids is 1. The van der Waals surface area contributed by atoms with Gasteiger partial charge < -0.3 is 15.2 Å². The Balaban J connectivity index is 4.21. The van der Waals surface area contributed by atoms with Crippen LogP contribution in [0.5, 0.6) is 0 Å². The van der Waals surface area contributed by atoms with E-state index in [1.807, 2.05) is 0 Å². The molecule has 0 fully saturated rings. The highest BCUT2D eigenvalue weighted by Gasteiger charge is 2.14. The van der Waals surface area contributed by atoms with Crippen molar-refractivity contribution in [2.75, 3.05) is 6.54 Å². The molecule has 2 N–H and O–H groups in total. The summed E-state index contributed by atoms with van der Waals surface area (Å²) in [5.41, 5.74) is 0. The molecule has 0 radical (unpaired) electrons. The molecule has 0 aromatic rings. The number of unbranched alkanes of at least 4 members (excludes halogenated alkanes) is 20. The van der Waals surface area contributed by atoms with Gasteiger partial charge in [-0.3, -0.25) is 14.4 Å². The number of carboxylic acid groups (broad SMARTS) is 1. The highest BCUT2D eigenvalue weighted by atomic mass is 16.5. The molecule has 0 aromatic carbocycles. The van der Waals surface area contributed by atoms with E-state index in [-0.39, 0.29) is 24.5 Å². The average molecular weight is 688 g/mol. The standard InChI is InChI=1S/C43H77NO5/c1-3-5-7-9-11-13-15-16-17-18-19-21-23-25-30-34-38-43(48)49-40(35-31-27-24-22-20-14-12-10-8-6-4-2)36-32-28-26-29-33-37-41(45)44-39-42(46)47/h12,14,17-18,22,24,40H,3-11,13,15-16,19-21,23,25-39H2,1-2H3,(H,44,45)(H,46,47)/b14-12-,18-17-,24-22-. The van der Waals surface area contributed by atoms with Crippen LogP contribution in [-0.4, -0.2) is 35.6 Å². The third-order valence-electron chi connectivity index (χ3n) is 9.03. The number of esters is 1. The predicted molar refractivity (Wildman–Crippen MR) is 208 cm³/mol. The fraction of sp³-hybridized carbons (Fsp3) is 0.791. The number of aliphatic carboxylic acids is 1. The molecule has 0 rings (SSSR count). The van der Waals surface area contributed by atoms with E-state index < -0.39 is 5.97 Å². The molecule has 6 heteroatoms. The molecule has 0 aliphatic heterocycles. The second-order valence-corrected chi connectivity index (χ2v) is 13.9. The molecular weight excluding hydrogens is 610 g/mol. The number of carbonyl (C=O) groups excluding carboxylic acids is 2. The molecule has 0 saturated heterocycles. The van der Waals surface area contributed by atoms with Gasteiger partial charge in [0.2, 0.25) is 5.91 Å². The van der Waals surface area contributed by atoms with Crippen LogP contribution in [0.1, 0.15) is 206 Å². The summed E-state index contributed by atoms with van der Waals surface area (Å²) >= 11 is 0. The van der Waals surface area contributed by atoms with Crippen molar-refractivity contribution >= 4 is 17.8 Å². The first kappa shape index (κ1) is 46.6. The van der Waals surface area contributed by atoms with Crippen LogP contribution in [0.25, 0.3) is 0 Å². The lowest BCUT2D eigenvalue weighted by Crippen LogP contribution is -2.28. The molecule has 0 aliphatic carbocycles. The van der Waals surface area contributed by atoms with Crippen LogP contribution in [0.3, 0.4) is 0 Å². The average Bonchev–Trinajstić information content (AvgIpc) is 3.08. The molecule has 0 saturated carbocycles. The normalized spacial score (nSPS) is 12.4. The maximum absolute atomic E-state index is 12.7. The van der Waals surface area contributed by atoms with E-state index in [9.17, 15) is 14.4 Å². The number of rotatable bonds is 37. The predicted octanol–water partition coefficient (Wildman–Crippen LogP) is 12.5. The minimum Gasteiger partial charge on any atom is -0.480 e. The minimum absolute atomic E-state index is 0.0194. The van der Waals surface area contributed by atoms with E-state index in [2.05, 4.69) is 55.6 Å². The maximum atomic E-state index is 12.7. The molecule has 0 aromatic heterocycles. The Kier molecular flexibility index (Phi) is 36.6. The maximum Gasteiger partial charge on any atom is 0.322 e. The monoisotopic (exact) mass is 688 g/mol. The smallest absolute Gasteiger partial charge is 0.322 e. The Morgan fingerprint density at radius 1 is 0.531 bits per heavy atom. The van der Waals surface area contributed by atoms with Crippen LogP contribution < -0.4 is 5.32 Å². The lowest BCUT2D eigenvalue weighted by atomic mass is 10.0. The van der Waals surface area contributed by atoms with Crippen LogP contribution >= 0.6 is 0 Å². The van der Waals surface area contributed by atoms with E-state index in [1.54, 1.807) is 0 Å². The summed E-state index contributed by atoms with van der Waals surface area (Å²) < 4.78 is 5.99. The fourth-order valence-corrected chi connectivity index (χ4v) is 5.96. The van der Waals surface area contributed by atoms with E-state index in [0.29, 0.717) is 12.8 Å². The van der Waals surface area contributed by atoms with Crippen molar-refractivity contribution in [3.8, 4) is 0 Å². The molecule has 49 heavy (non-hydrogen) atoms. The number of nitrogens with one attached hydrogen (secondary N) is 1. The van der Waals surface area contributed by atoms with Gasteiger partial charge in [0.25, 0.3) is 0 Å². The first-order valence-corrected chi connectivity index (χ1v) is 20.6.